The van der Waals surface area contributed by atoms with Crippen LogP contribution in [-0.4, -0.2) is 39.9 Å². The topological polar surface area (TPSA) is 85.3 Å². The molecule has 6 heteroatoms. The first kappa shape index (κ1) is 19.6. The van der Waals surface area contributed by atoms with Gasteiger partial charge in [-0.05, 0) is 67.0 Å². The molecular weight excluding hydrogens is 371 g/mol. The maximum absolute atomic E-state index is 13.1. The van der Waals surface area contributed by atoms with Crippen LogP contribution >= 0.6 is 0 Å². The summed E-state index contributed by atoms with van der Waals surface area (Å²) in [6.07, 6.45) is 2.13. The molecule has 2 aromatic carbocycles. The van der Waals surface area contributed by atoms with Crippen LogP contribution in [0.5, 0.6) is 0 Å². The van der Waals surface area contributed by atoms with Crippen molar-refractivity contribution in [3.8, 4) is 11.1 Å². The van der Waals surface area contributed by atoms with Crippen LogP contribution in [0, 0.1) is 11.7 Å². The number of aromatic nitrogens is 1. The zero-order valence-electron chi connectivity index (χ0n) is 16.1. The molecule has 1 fully saturated rings. The fourth-order valence-corrected chi connectivity index (χ4v) is 3.56. The molecule has 0 radical (unpaired) electrons. The van der Waals surface area contributed by atoms with E-state index in [4.69, 9.17) is 0 Å². The second-order valence-electron chi connectivity index (χ2n) is 7.84. The Morgan fingerprint density at radius 1 is 1.07 bits per heavy atom. The molecule has 1 aliphatic rings. The van der Waals surface area contributed by atoms with Gasteiger partial charge >= 0.3 is 0 Å². The van der Waals surface area contributed by atoms with Crippen molar-refractivity contribution < 1.29 is 19.4 Å². The fraction of sp³-hybridized carbons (Fsp3) is 0.348. The molecule has 1 unspecified atom stereocenters. The highest BCUT2D eigenvalue weighted by Gasteiger charge is 2.29. The number of rotatable bonds is 8. The van der Waals surface area contributed by atoms with Crippen molar-refractivity contribution in [2.45, 2.75) is 37.9 Å². The number of hydrogen-bond acceptors (Lipinski definition) is 3. The van der Waals surface area contributed by atoms with Crippen LogP contribution in [0.2, 0.25) is 0 Å². The second kappa shape index (κ2) is 8.35. The molecule has 1 heterocycles. The number of hydrogen-bond donors (Lipinski definition) is 4. The van der Waals surface area contributed by atoms with E-state index in [0.29, 0.717) is 24.5 Å². The third kappa shape index (κ3) is 4.83. The third-order valence-electron chi connectivity index (χ3n) is 5.50. The highest BCUT2D eigenvalue weighted by Crippen LogP contribution is 2.34. The maximum atomic E-state index is 13.1. The van der Waals surface area contributed by atoms with Crippen molar-refractivity contribution in [2.24, 2.45) is 5.92 Å². The van der Waals surface area contributed by atoms with Gasteiger partial charge in [0.15, 0.2) is 0 Å². The number of aromatic amines is 1. The van der Waals surface area contributed by atoms with E-state index in [1.54, 1.807) is 18.2 Å². The van der Waals surface area contributed by atoms with Gasteiger partial charge in [0, 0.05) is 17.4 Å². The Balaban J connectivity index is 1.36. The summed E-state index contributed by atoms with van der Waals surface area (Å²) >= 11 is 0. The van der Waals surface area contributed by atoms with Gasteiger partial charge < -0.3 is 20.5 Å². The van der Waals surface area contributed by atoms with Crippen molar-refractivity contribution in [3.05, 3.63) is 60.0 Å². The van der Waals surface area contributed by atoms with Gasteiger partial charge in [0.25, 0.3) is 5.91 Å². The molecule has 1 aromatic heterocycles. The monoisotopic (exact) mass is 396 g/mol. The van der Waals surface area contributed by atoms with E-state index in [1.165, 1.54) is 12.1 Å². The van der Waals surface area contributed by atoms with E-state index in [9.17, 15) is 19.4 Å². The number of aliphatic hydroxyl groups is 2. The lowest BCUT2D eigenvalue weighted by Crippen LogP contribution is -2.32. The summed E-state index contributed by atoms with van der Waals surface area (Å²) in [5, 5.41) is 23.6. The molecule has 4 rings (SSSR count). The van der Waals surface area contributed by atoms with E-state index in [-0.39, 0.29) is 24.4 Å². The smallest absolute Gasteiger partial charge is 0.267 e. The van der Waals surface area contributed by atoms with Gasteiger partial charge in [-0.2, -0.15) is 0 Å². The molecule has 152 valence electrons. The van der Waals surface area contributed by atoms with Crippen molar-refractivity contribution >= 4 is 16.8 Å². The Kier molecular flexibility index (Phi) is 5.65. The predicted molar refractivity (Wildman–Crippen MR) is 110 cm³/mol. The Morgan fingerprint density at radius 3 is 2.52 bits per heavy atom. The minimum atomic E-state index is -0.679. The first-order chi connectivity index (χ1) is 14.0. The molecule has 3 aromatic rings. The molecule has 29 heavy (non-hydrogen) atoms. The second-order valence-corrected chi connectivity index (χ2v) is 7.84. The standard InChI is InChI=1S/C23H25FN2O3/c24-18-7-5-14(6-8-18)16-3-4-17-12-21(26-20(17)11-16)23(29)25-13-19(27)9-10-22(28)15-1-2-15/h3-8,11-12,15,19,22,26-28H,1-2,9-10,13H2,(H,25,29)/t19-,22?/m0/s1. The highest BCUT2D eigenvalue weighted by atomic mass is 19.1. The summed E-state index contributed by atoms with van der Waals surface area (Å²) < 4.78 is 13.1. The quantitative estimate of drug-likeness (QED) is 0.469. The summed E-state index contributed by atoms with van der Waals surface area (Å²) in [5.74, 6) is -0.174. The van der Waals surface area contributed by atoms with Crippen LogP contribution in [-0.2, 0) is 0 Å². The summed E-state index contributed by atoms with van der Waals surface area (Å²) in [7, 11) is 0. The molecule has 2 atom stereocenters. The number of halogens is 1. The van der Waals surface area contributed by atoms with Gasteiger partial charge in [0.2, 0.25) is 0 Å². The first-order valence-electron chi connectivity index (χ1n) is 10.0. The van der Waals surface area contributed by atoms with Crippen LogP contribution in [0.3, 0.4) is 0 Å². The molecular formula is C23H25FN2O3. The molecule has 0 bridgehead atoms. The number of fused-ring (bicyclic) bond motifs is 1. The van der Waals surface area contributed by atoms with Crippen molar-refractivity contribution in [1.82, 2.24) is 10.3 Å². The molecule has 4 N–H and O–H groups in total. The van der Waals surface area contributed by atoms with Crippen LogP contribution in [0.25, 0.3) is 22.0 Å². The SMILES string of the molecule is O=C(NC[C@@H](O)CCC(O)C1CC1)c1cc2ccc(-c3ccc(F)cc3)cc2[nH]1. The van der Waals surface area contributed by atoms with E-state index in [2.05, 4.69) is 10.3 Å². The van der Waals surface area contributed by atoms with Crippen LogP contribution in [0.1, 0.15) is 36.2 Å². The number of aliphatic hydroxyl groups excluding tert-OH is 2. The van der Waals surface area contributed by atoms with Crippen molar-refractivity contribution in [2.75, 3.05) is 6.54 Å². The average Bonchev–Trinajstić information content (AvgIpc) is 3.49. The van der Waals surface area contributed by atoms with E-state index in [0.717, 1.165) is 34.9 Å². The van der Waals surface area contributed by atoms with E-state index >= 15 is 0 Å². The van der Waals surface area contributed by atoms with E-state index in [1.807, 2.05) is 18.2 Å². The predicted octanol–water partition coefficient (Wildman–Crippen LogP) is 3.62. The lowest BCUT2D eigenvalue weighted by atomic mass is 10.0. The Hall–Kier alpha value is -2.70. The number of benzene rings is 2. The Morgan fingerprint density at radius 2 is 1.79 bits per heavy atom. The highest BCUT2D eigenvalue weighted by molar-refractivity contribution is 5.98. The van der Waals surface area contributed by atoms with Crippen LogP contribution in [0.4, 0.5) is 4.39 Å². The normalized spacial score (nSPS) is 16.0. The van der Waals surface area contributed by atoms with Crippen molar-refractivity contribution in [3.63, 3.8) is 0 Å². The molecule has 1 saturated carbocycles. The summed E-state index contributed by atoms with van der Waals surface area (Å²) in [5.41, 5.74) is 3.05. The summed E-state index contributed by atoms with van der Waals surface area (Å²) in [6.45, 7) is 0.145. The number of amides is 1. The maximum Gasteiger partial charge on any atom is 0.267 e. The summed E-state index contributed by atoms with van der Waals surface area (Å²) in [6, 6.07) is 13.8. The number of carbonyl (C=O) groups excluding carboxylic acids is 1. The zero-order chi connectivity index (χ0) is 20.4. The van der Waals surface area contributed by atoms with Crippen LogP contribution in [0.15, 0.2) is 48.5 Å². The zero-order valence-corrected chi connectivity index (χ0v) is 16.1. The Labute approximate surface area is 168 Å². The van der Waals surface area contributed by atoms with Crippen molar-refractivity contribution in [1.29, 1.82) is 0 Å². The van der Waals surface area contributed by atoms with Crippen LogP contribution < -0.4 is 5.32 Å². The van der Waals surface area contributed by atoms with Gasteiger partial charge in [0.05, 0.1) is 12.2 Å². The molecule has 0 aliphatic heterocycles. The fourth-order valence-electron chi connectivity index (χ4n) is 3.56. The lowest BCUT2D eigenvalue weighted by Gasteiger charge is -2.14. The third-order valence-corrected chi connectivity index (χ3v) is 5.50. The number of nitrogens with one attached hydrogen (secondary N) is 2. The molecule has 5 nitrogen and oxygen atoms in total. The summed E-state index contributed by atoms with van der Waals surface area (Å²) in [4.78, 5) is 15.5. The minimum absolute atomic E-state index is 0.145. The Bertz CT molecular complexity index is 995. The number of carbonyl (C=O) groups is 1. The van der Waals surface area contributed by atoms with Gasteiger partial charge in [-0.3, -0.25) is 4.79 Å². The molecule has 1 amide bonds. The molecule has 1 aliphatic carbocycles. The molecule has 0 spiro atoms. The number of H-pyrrole nitrogens is 1. The van der Waals surface area contributed by atoms with E-state index < -0.39 is 6.10 Å². The minimum Gasteiger partial charge on any atom is -0.393 e. The average molecular weight is 396 g/mol. The largest absolute Gasteiger partial charge is 0.393 e. The lowest BCUT2D eigenvalue weighted by molar-refractivity contribution is 0.0855. The van der Waals surface area contributed by atoms with Gasteiger partial charge in [-0.15, -0.1) is 0 Å². The van der Waals surface area contributed by atoms with Gasteiger partial charge in [0.1, 0.15) is 11.5 Å². The first-order valence-corrected chi connectivity index (χ1v) is 10.0. The van der Waals surface area contributed by atoms with Gasteiger partial charge in [-0.1, -0.05) is 24.3 Å². The van der Waals surface area contributed by atoms with Gasteiger partial charge in [-0.25, -0.2) is 4.39 Å². The molecule has 0 saturated heterocycles.